The van der Waals surface area contributed by atoms with Gasteiger partial charge in [-0.25, -0.2) is 0 Å². The van der Waals surface area contributed by atoms with Crippen molar-refractivity contribution in [3.05, 3.63) is 29.8 Å². The molecule has 1 amide bonds. The Kier molecular flexibility index (Phi) is 4.43. The average molecular weight is 228 g/mol. The summed E-state index contributed by atoms with van der Waals surface area (Å²) in [6.45, 7) is 2.44. The van der Waals surface area contributed by atoms with Crippen molar-refractivity contribution in [1.82, 2.24) is 5.32 Å². The third-order valence-electron chi connectivity index (χ3n) is 1.96. The van der Waals surface area contributed by atoms with E-state index in [-0.39, 0.29) is 17.0 Å². The molecule has 82 valence electrons. The van der Waals surface area contributed by atoms with Crippen molar-refractivity contribution < 1.29 is 9.90 Å². The van der Waals surface area contributed by atoms with E-state index in [1.54, 1.807) is 12.1 Å². The molecule has 4 heteroatoms. The predicted molar refractivity (Wildman–Crippen MR) is 60.4 cm³/mol. The van der Waals surface area contributed by atoms with Crippen molar-refractivity contribution in [3.63, 3.8) is 0 Å². The van der Waals surface area contributed by atoms with Crippen LogP contribution < -0.4 is 5.32 Å². The quantitative estimate of drug-likeness (QED) is 0.775. The maximum Gasteiger partial charge on any atom is 0.251 e. The minimum Gasteiger partial charge on any atom is -0.508 e. The molecule has 2 N–H and O–H groups in total. The van der Waals surface area contributed by atoms with Crippen molar-refractivity contribution in [2.24, 2.45) is 0 Å². The Morgan fingerprint density at radius 2 is 2.07 bits per heavy atom. The molecule has 0 saturated carbocycles. The normalized spacial score (nSPS) is 12.1. The molecule has 0 aliphatic heterocycles. The van der Waals surface area contributed by atoms with Gasteiger partial charge in [0.25, 0.3) is 5.91 Å². The summed E-state index contributed by atoms with van der Waals surface area (Å²) in [5.74, 6) is 0.00764. The van der Waals surface area contributed by atoms with Crippen molar-refractivity contribution in [3.8, 4) is 5.75 Å². The number of amides is 1. The first-order valence-corrected chi connectivity index (χ1v) is 5.24. The minimum atomic E-state index is -0.146. The summed E-state index contributed by atoms with van der Waals surface area (Å²) in [5, 5.41) is 11.8. The largest absolute Gasteiger partial charge is 0.508 e. The van der Waals surface area contributed by atoms with Crippen LogP contribution in [0.1, 0.15) is 23.7 Å². The van der Waals surface area contributed by atoms with Crippen LogP contribution in [0.4, 0.5) is 0 Å². The Hall–Kier alpha value is -1.22. The van der Waals surface area contributed by atoms with E-state index in [0.29, 0.717) is 12.1 Å². The van der Waals surface area contributed by atoms with Crippen molar-refractivity contribution >= 4 is 17.5 Å². The number of aromatic hydroxyl groups is 1. The highest BCUT2D eigenvalue weighted by molar-refractivity contribution is 6.20. The van der Waals surface area contributed by atoms with E-state index in [4.69, 9.17) is 16.7 Å². The molecule has 1 unspecified atom stereocenters. The van der Waals surface area contributed by atoms with Crippen LogP contribution in [0.25, 0.3) is 0 Å². The fourth-order valence-electron chi connectivity index (χ4n) is 1.10. The Labute approximate surface area is 94.1 Å². The number of rotatable bonds is 4. The Morgan fingerprint density at radius 3 is 2.60 bits per heavy atom. The molecule has 1 rings (SSSR count). The van der Waals surface area contributed by atoms with Crippen LogP contribution in [0.3, 0.4) is 0 Å². The first-order valence-electron chi connectivity index (χ1n) is 4.81. The molecule has 3 nitrogen and oxygen atoms in total. The number of halogens is 1. The highest BCUT2D eigenvalue weighted by atomic mass is 35.5. The molecule has 0 heterocycles. The number of carbonyl (C=O) groups excluding carboxylic acids is 1. The number of hydrogen-bond donors (Lipinski definition) is 2. The summed E-state index contributed by atoms with van der Waals surface area (Å²) < 4.78 is 0. The zero-order valence-electron chi connectivity index (χ0n) is 8.53. The van der Waals surface area contributed by atoms with Crippen LogP contribution in [-0.2, 0) is 0 Å². The maximum atomic E-state index is 11.5. The second-order valence-corrected chi connectivity index (χ2v) is 4.12. The first kappa shape index (κ1) is 11.9. The minimum absolute atomic E-state index is 0.0603. The van der Waals surface area contributed by atoms with Crippen molar-refractivity contribution in [1.29, 1.82) is 0 Å². The number of phenols is 1. The van der Waals surface area contributed by atoms with Crippen molar-refractivity contribution in [2.45, 2.75) is 18.7 Å². The van der Waals surface area contributed by atoms with Gasteiger partial charge in [-0.1, -0.05) is 0 Å². The molecular formula is C11H14ClNO2. The van der Waals surface area contributed by atoms with Gasteiger partial charge < -0.3 is 10.4 Å². The Morgan fingerprint density at radius 1 is 1.47 bits per heavy atom. The van der Waals surface area contributed by atoms with E-state index >= 15 is 0 Å². The van der Waals surface area contributed by atoms with Crippen LogP contribution >= 0.6 is 11.6 Å². The summed E-state index contributed by atoms with van der Waals surface area (Å²) in [4.78, 5) is 11.5. The highest BCUT2D eigenvalue weighted by Crippen LogP contribution is 2.09. The summed E-state index contributed by atoms with van der Waals surface area (Å²) in [7, 11) is 0. The summed E-state index contributed by atoms with van der Waals surface area (Å²) in [5.41, 5.74) is 0.537. The molecule has 0 bridgehead atoms. The van der Waals surface area contributed by atoms with Crippen LogP contribution in [-0.4, -0.2) is 22.9 Å². The van der Waals surface area contributed by atoms with E-state index in [1.807, 2.05) is 6.92 Å². The van der Waals surface area contributed by atoms with E-state index in [2.05, 4.69) is 5.32 Å². The zero-order valence-corrected chi connectivity index (χ0v) is 9.29. The second kappa shape index (κ2) is 5.61. The van der Waals surface area contributed by atoms with Crippen LogP contribution in [0.15, 0.2) is 24.3 Å². The lowest BCUT2D eigenvalue weighted by molar-refractivity contribution is 0.0953. The number of alkyl halides is 1. The van der Waals surface area contributed by atoms with E-state index in [1.165, 1.54) is 12.1 Å². The lowest BCUT2D eigenvalue weighted by Gasteiger charge is -2.06. The Balaban J connectivity index is 2.43. The van der Waals surface area contributed by atoms with Gasteiger partial charge in [0.2, 0.25) is 0 Å². The van der Waals surface area contributed by atoms with Gasteiger partial charge in [0.05, 0.1) is 0 Å². The smallest absolute Gasteiger partial charge is 0.251 e. The molecule has 0 aliphatic carbocycles. The monoisotopic (exact) mass is 227 g/mol. The number of hydrogen-bond acceptors (Lipinski definition) is 2. The zero-order chi connectivity index (χ0) is 11.3. The molecular weight excluding hydrogens is 214 g/mol. The average Bonchev–Trinajstić information content (AvgIpc) is 2.18. The number of carbonyl (C=O) groups is 1. The second-order valence-electron chi connectivity index (χ2n) is 3.37. The molecule has 0 radical (unpaired) electrons. The molecule has 1 aromatic rings. The summed E-state index contributed by atoms with van der Waals surface area (Å²) in [6.07, 6.45) is 0.741. The van der Waals surface area contributed by atoms with Gasteiger partial charge in [-0.05, 0) is 37.6 Å². The number of benzene rings is 1. The molecule has 0 fully saturated rings. The molecule has 15 heavy (non-hydrogen) atoms. The standard InChI is InChI=1S/C11H14ClNO2/c1-8(12)6-7-13-11(15)9-2-4-10(14)5-3-9/h2-5,8,14H,6-7H2,1H3,(H,13,15). The van der Waals surface area contributed by atoms with Gasteiger partial charge in [-0.15, -0.1) is 11.6 Å². The molecule has 1 atom stereocenters. The van der Waals surface area contributed by atoms with Crippen LogP contribution in [0.5, 0.6) is 5.75 Å². The number of nitrogens with one attached hydrogen (secondary N) is 1. The third-order valence-corrected chi connectivity index (χ3v) is 2.18. The molecule has 0 aliphatic rings. The topological polar surface area (TPSA) is 49.3 Å². The molecule has 1 aromatic carbocycles. The van der Waals surface area contributed by atoms with Crippen LogP contribution in [0.2, 0.25) is 0 Å². The molecule has 0 saturated heterocycles. The van der Waals surface area contributed by atoms with Gasteiger partial charge >= 0.3 is 0 Å². The first-order chi connectivity index (χ1) is 7.09. The van der Waals surface area contributed by atoms with Crippen molar-refractivity contribution in [2.75, 3.05) is 6.54 Å². The lowest BCUT2D eigenvalue weighted by Crippen LogP contribution is -2.25. The van der Waals surface area contributed by atoms with Gasteiger partial charge in [0.1, 0.15) is 5.75 Å². The third kappa shape index (κ3) is 4.21. The fourth-order valence-corrected chi connectivity index (χ4v) is 1.21. The Bertz CT molecular complexity index is 322. The van der Waals surface area contributed by atoms with Gasteiger partial charge in [0, 0.05) is 17.5 Å². The molecule has 0 spiro atoms. The van der Waals surface area contributed by atoms with Gasteiger partial charge in [-0.3, -0.25) is 4.79 Å². The molecule has 0 aromatic heterocycles. The fraction of sp³-hybridized carbons (Fsp3) is 0.364. The summed E-state index contributed by atoms with van der Waals surface area (Å²) in [6, 6.07) is 6.13. The SMILES string of the molecule is CC(Cl)CCNC(=O)c1ccc(O)cc1. The predicted octanol–water partition coefficient (Wildman–Crippen LogP) is 2.14. The van der Waals surface area contributed by atoms with Crippen LogP contribution in [0, 0.1) is 0 Å². The maximum absolute atomic E-state index is 11.5. The number of phenolic OH excluding ortho intramolecular Hbond substituents is 1. The highest BCUT2D eigenvalue weighted by Gasteiger charge is 2.04. The van der Waals surface area contributed by atoms with Gasteiger partial charge in [-0.2, -0.15) is 0 Å². The van der Waals surface area contributed by atoms with E-state index in [0.717, 1.165) is 6.42 Å². The van der Waals surface area contributed by atoms with Gasteiger partial charge in [0.15, 0.2) is 0 Å². The summed E-state index contributed by atoms with van der Waals surface area (Å²) >= 11 is 5.74. The van der Waals surface area contributed by atoms with E-state index in [9.17, 15) is 4.79 Å². The lowest BCUT2D eigenvalue weighted by atomic mass is 10.2. The van der Waals surface area contributed by atoms with E-state index < -0.39 is 0 Å².